The second-order valence-corrected chi connectivity index (χ2v) is 6.96. The fourth-order valence-corrected chi connectivity index (χ4v) is 2.82. The summed E-state index contributed by atoms with van der Waals surface area (Å²) in [5, 5.41) is 28.7. The van der Waals surface area contributed by atoms with Crippen LogP contribution >= 0.6 is 0 Å². The van der Waals surface area contributed by atoms with Crippen molar-refractivity contribution in [1.82, 2.24) is 15.3 Å². The lowest BCUT2D eigenvalue weighted by molar-refractivity contribution is -0.384. The van der Waals surface area contributed by atoms with Crippen LogP contribution in [0.25, 0.3) is 0 Å². The number of hydrogen-bond acceptors (Lipinski definition) is 9. The number of alkyl carbamates (subject to hydrolysis) is 1. The molecule has 12 heteroatoms. The normalized spacial score (nSPS) is 10.2. The van der Waals surface area contributed by atoms with E-state index < -0.39 is 17.0 Å². The minimum Gasteiger partial charge on any atom is -0.477 e. The molecule has 0 spiro atoms. The third-order valence-electron chi connectivity index (χ3n) is 4.46. The summed E-state index contributed by atoms with van der Waals surface area (Å²) in [5.74, 6) is -1.08. The smallest absolute Gasteiger partial charge is 0.407 e. The highest BCUT2D eigenvalue weighted by Crippen LogP contribution is 2.21. The van der Waals surface area contributed by atoms with E-state index in [4.69, 9.17) is 4.74 Å². The van der Waals surface area contributed by atoms with Crippen molar-refractivity contribution in [3.8, 4) is 0 Å². The van der Waals surface area contributed by atoms with E-state index in [2.05, 4.69) is 25.9 Å². The fraction of sp³-hybridized carbons (Fsp3) is 0.182. The Balaban J connectivity index is 1.51. The lowest BCUT2D eigenvalue weighted by Gasteiger charge is -2.11. The number of nitrogens with one attached hydrogen (secondary N) is 3. The Hall–Kier alpha value is -4.74. The van der Waals surface area contributed by atoms with Crippen molar-refractivity contribution in [2.24, 2.45) is 0 Å². The van der Waals surface area contributed by atoms with E-state index in [9.17, 15) is 24.8 Å². The van der Waals surface area contributed by atoms with Crippen LogP contribution in [0.4, 0.5) is 27.9 Å². The van der Waals surface area contributed by atoms with Crippen molar-refractivity contribution in [1.29, 1.82) is 0 Å². The molecule has 0 fully saturated rings. The minimum absolute atomic E-state index is 0.0654. The van der Waals surface area contributed by atoms with Gasteiger partial charge in [-0.05, 0) is 18.1 Å². The molecule has 34 heavy (non-hydrogen) atoms. The molecule has 2 aromatic carbocycles. The highest BCUT2D eigenvalue weighted by atomic mass is 16.6. The maximum atomic E-state index is 11.8. The standard InChI is InChI=1S/C22H22N6O6/c29-20(30)18-13-25-21(26-16-8-4-9-17(12-16)28(32)33)27-19(18)23-10-5-11-24-22(31)34-14-15-6-2-1-3-7-15/h1-4,6-9,12-13H,5,10-11,14H2,(H,24,31)(H,29,30)(H2,23,25,26,27). The number of carbonyl (C=O) groups is 2. The van der Waals surface area contributed by atoms with Crippen molar-refractivity contribution in [3.05, 3.63) is 82.0 Å². The van der Waals surface area contributed by atoms with Crippen molar-refractivity contribution in [2.75, 3.05) is 23.7 Å². The van der Waals surface area contributed by atoms with Gasteiger partial charge in [-0.25, -0.2) is 14.6 Å². The van der Waals surface area contributed by atoms with Crippen molar-refractivity contribution < 1.29 is 24.4 Å². The third kappa shape index (κ3) is 7.15. The number of benzene rings is 2. The molecule has 4 N–H and O–H groups in total. The zero-order chi connectivity index (χ0) is 24.3. The van der Waals surface area contributed by atoms with Gasteiger partial charge in [0.1, 0.15) is 18.0 Å². The molecule has 0 atom stereocenters. The molecule has 0 unspecified atom stereocenters. The van der Waals surface area contributed by atoms with Crippen LogP contribution in [-0.4, -0.2) is 45.1 Å². The van der Waals surface area contributed by atoms with Crippen LogP contribution in [0, 0.1) is 10.1 Å². The van der Waals surface area contributed by atoms with Crippen LogP contribution in [0.15, 0.2) is 60.8 Å². The molecule has 176 valence electrons. The summed E-state index contributed by atoms with van der Waals surface area (Å²) in [4.78, 5) is 41.8. The fourth-order valence-electron chi connectivity index (χ4n) is 2.82. The number of carbonyl (C=O) groups excluding carboxylic acids is 1. The topological polar surface area (TPSA) is 169 Å². The molecule has 0 aliphatic rings. The molecular weight excluding hydrogens is 444 g/mol. The Labute approximate surface area is 194 Å². The number of nitro groups is 1. The van der Waals surface area contributed by atoms with Crippen molar-refractivity contribution in [3.63, 3.8) is 0 Å². The second kappa shape index (κ2) is 11.8. The van der Waals surface area contributed by atoms with E-state index in [0.717, 1.165) is 11.8 Å². The van der Waals surface area contributed by atoms with Gasteiger partial charge in [0, 0.05) is 37.1 Å². The van der Waals surface area contributed by atoms with Gasteiger partial charge in [-0.15, -0.1) is 0 Å². The summed E-state index contributed by atoms with van der Waals surface area (Å²) < 4.78 is 5.12. The minimum atomic E-state index is -1.22. The molecule has 0 aliphatic heterocycles. The summed E-state index contributed by atoms with van der Waals surface area (Å²) in [6.07, 6.45) is 1.05. The lowest BCUT2D eigenvalue weighted by Crippen LogP contribution is -2.26. The highest BCUT2D eigenvalue weighted by molar-refractivity contribution is 5.93. The van der Waals surface area contributed by atoms with E-state index in [-0.39, 0.29) is 29.6 Å². The largest absolute Gasteiger partial charge is 0.477 e. The van der Waals surface area contributed by atoms with Gasteiger partial charge in [0.25, 0.3) is 5.69 Å². The first-order valence-electron chi connectivity index (χ1n) is 10.2. The van der Waals surface area contributed by atoms with Gasteiger partial charge in [0.05, 0.1) is 4.92 Å². The first-order chi connectivity index (χ1) is 16.4. The number of amides is 1. The van der Waals surface area contributed by atoms with Crippen LogP contribution in [-0.2, 0) is 11.3 Å². The van der Waals surface area contributed by atoms with Crippen molar-refractivity contribution >= 4 is 35.2 Å². The van der Waals surface area contributed by atoms with E-state index in [1.807, 2.05) is 30.3 Å². The zero-order valence-electron chi connectivity index (χ0n) is 17.9. The predicted molar refractivity (Wildman–Crippen MR) is 123 cm³/mol. The number of carboxylic acid groups (broad SMARTS) is 1. The second-order valence-electron chi connectivity index (χ2n) is 6.96. The lowest BCUT2D eigenvalue weighted by atomic mass is 10.2. The first-order valence-corrected chi connectivity index (χ1v) is 10.2. The number of anilines is 3. The Bertz CT molecular complexity index is 1160. The molecule has 12 nitrogen and oxygen atoms in total. The monoisotopic (exact) mass is 466 g/mol. The van der Waals surface area contributed by atoms with E-state index in [0.29, 0.717) is 25.2 Å². The molecule has 0 radical (unpaired) electrons. The maximum Gasteiger partial charge on any atom is 0.407 e. The Morgan fingerprint density at radius 1 is 1.09 bits per heavy atom. The van der Waals surface area contributed by atoms with E-state index in [1.165, 1.54) is 18.2 Å². The third-order valence-corrected chi connectivity index (χ3v) is 4.46. The summed E-state index contributed by atoms with van der Waals surface area (Å²) >= 11 is 0. The predicted octanol–water partition coefficient (Wildman–Crippen LogP) is 3.56. The number of rotatable bonds is 11. The molecular formula is C22H22N6O6. The summed E-state index contributed by atoms with van der Waals surface area (Å²) in [6.45, 7) is 0.771. The van der Waals surface area contributed by atoms with Crippen LogP contribution < -0.4 is 16.0 Å². The SMILES string of the molecule is O=C(NCCCNc1nc(Nc2cccc([N+](=O)[O-])c2)ncc1C(=O)O)OCc1ccccc1. The van der Waals surface area contributed by atoms with Crippen LogP contribution in [0.3, 0.4) is 0 Å². The molecule has 0 aliphatic carbocycles. The Morgan fingerprint density at radius 2 is 1.88 bits per heavy atom. The first kappa shape index (κ1) is 23.9. The van der Waals surface area contributed by atoms with Gasteiger partial charge >= 0.3 is 12.1 Å². The number of nitrogens with zero attached hydrogens (tertiary/aromatic N) is 3. The van der Waals surface area contributed by atoms with Gasteiger partial charge < -0.3 is 25.8 Å². The summed E-state index contributed by atoms with van der Waals surface area (Å²) in [6, 6.07) is 15.0. The molecule has 1 heterocycles. The summed E-state index contributed by atoms with van der Waals surface area (Å²) in [5.41, 5.74) is 1.00. The summed E-state index contributed by atoms with van der Waals surface area (Å²) in [7, 11) is 0. The van der Waals surface area contributed by atoms with Crippen molar-refractivity contribution in [2.45, 2.75) is 13.0 Å². The van der Waals surface area contributed by atoms with E-state index >= 15 is 0 Å². The molecule has 0 saturated heterocycles. The van der Waals surface area contributed by atoms with Crippen LogP contribution in [0.1, 0.15) is 22.3 Å². The number of nitro benzene ring substituents is 1. The Morgan fingerprint density at radius 3 is 2.62 bits per heavy atom. The van der Waals surface area contributed by atoms with Crippen LogP contribution in [0.5, 0.6) is 0 Å². The van der Waals surface area contributed by atoms with Gasteiger partial charge in [0.15, 0.2) is 0 Å². The molecule has 1 aromatic heterocycles. The Kier molecular flexibility index (Phi) is 8.27. The quantitative estimate of drug-likeness (QED) is 0.186. The average molecular weight is 466 g/mol. The number of aromatic nitrogens is 2. The number of carboxylic acids is 1. The average Bonchev–Trinajstić information content (AvgIpc) is 2.83. The molecule has 0 bridgehead atoms. The maximum absolute atomic E-state index is 11.8. The van der Waals surface area contributed by atoms with Gasteiger partial charge in [-0.1, -0.05) is 36.4 Å². The molecule has 1 amide bonds. The highest BCUT2D eigenvalue weighted by Gasteiger charge is 2.14. The number of ether oxygens (including phenoxy) is 1. The number of non-ortho nitro benzene ring substituents is 1. The zero-order valence-corrected chi connectivity index (χ0v) is 17.9. The van der Waals surface area contributed by atoms with E-state index in [1.54, 1.807) is 6.07 Å². The van der Waals surface area contributed by atoms with Gasteiger partial charge in [-0.2, -0.15) is 4.98 Å². The molecule has 3 rings (SSSR count). The number of aromatic carboxylic acids is 1. The number of hydrogen-bond donors (Lipinski definition) is 4. The van der Waals surface area contributed by atoms with Gasteiger partial charge in [-0.3, -0.25) is 10.1 Å². The molecule has 3 aromatic rings. The molecule has 0 saturated carbocycles. The van der Waals surface area contributed by atoms with Gasteiger partial charge in [0.2, 0.25) is 5.95 Å². The van der Waals surface area contributed by atoms with Crippen LogP contribution in [0.2, 0.25) is 0 Å².